The van der Waals surface area contributed by atoms with Gasteiger partial charge in [-0.3, -0.25) is 4.79 Å². The van der Waals surface area contributed by atoms with Crippen molar-refractivity contribution < 1.29 is 9.53 Å². The summed E-state index contributed by atoms with van der Waals surface area (Å²) in [6, 6.07) is 5.98. The minimum atomic E-state index is 0.0520. The van der Waals surface area contributed by atoms with Crippen molar-refractivity contribution in [2.45, 2.75) is 32.7 Å². The van der Waals surface area contributed by atoms with Gasteiger partial charge in [0, 0.05) is 12.6 Å². The Morgan fingerprint density at radius 3 is 2.85 bits per heavy atom. The number of ether oxygens (including phenoxy) is 1. The second kappa shape index (κ2) is 6.27. The van der Waals surface area contributed by atoms with Crippen LogP contribution in [0.25, 0.3) is 0 Å². The summed E-state index contributed by atoms with van der Waals surface area (Å²) in [4.78, 5) is 14.8. The van der Waals surface area contributed by atoms with Crippen molar-refractivity contribution in [3.8, 4) is 5.75 Å². The van der Waals surface area contributed by atoms with E-state index >= 15 is 0 Å². The molecule has 0 radical (unpaired) electrons. The molecule has 4 heteroatoms. The smallest absolute Gasteiger partial charge is 0.257 e. The number of rotatable bonds is 3. The van der Waals surface area contributed by atoms with Gasteiger partial charge >= 0.3 is 0 Å². The molecule has 2 unspecified atom stereocenters. The molecule has 1 fully saturated rings. The van der Waals surface area contributed by atoms with Crippen molar-refractivity contribution in [3.63, 3.8) is 0 Å². The Balaban J connectivity index is 2.27. The van der Waals surface area contributed by atoms with Crippen molar-refractivity contribution in [2.75, 3.05) is 20.2 Å². The van der Waals surface area contributed by atoms with Crippen molar-refractivity contribution in [3.05, 3.63) is 29.3 Å². The average molecular weight is 276 g/mol. The predicted octanol–water partition coefficient (Wildman–Crippen LogP) is 2.20. The maximum absolute atomic E-state index is 12.8. The van der Waals surface area contributed by atoms with Gasteiger partial charge in [0.15, 0.2) is 0 Å². The van der Waals surface area contributed by atoms with E-state index in [0.29, 0.717) is 23.8 Å². The molecule has 0 aliphatic carbocycles. The Bertz CT molecular complexity index is 487. The number of carbonyl (C=O) groups excluding carboxylic acids is 1. The molecule has 1 aromatic carbocycles. The first-order valence-electron chi connectivity index (χ1n) is 7.22. The molecule has 0 aromatic heterocycles. The van der Waals surface area contributed by atoms with Gasteiger partial charge in [-0.2, -0.15) is 0 Å². The van der Waals surface area contributed by atoms with Crippen LogP contribution in [-0.2, 0) is 0 Å². The largest absolute Gasteiger partial charge is 0.496 e. The standard InChI is InChI=1S/C16H24N2O2/c1-11-4-7-15(20-3)14(8-11)16(19)18-10-13(9-17)6-5-12(18)2/h4,7-8,12-13H,5-6,9-10,17H2,1-3H3. The van der Waals surface area contributed by atoms with Crippen LogP contribution in [0.5, 0.6) is 5.75 Å². The maximum Gasteiger partial charge on any atom is 0.257 e. The van der Waals surface area contributed by atoms with E-state index in [9.17, 15) is 4.79 Å². The Kier molecular flexibility index (Phi) is 4.65. The highest BCUT2D eigenvalue weighted by Gasteiger charge is 2.30. The summed E-state index contributed by atoms with van der Waals surface area (Å²) in [5.74, 6) is 1.10. The first-order valence-corrected chi connectivity index (χ1v) is 7.22. The van der Waals surface area contributed by atoms with E-state index in [2.05, 4.69) is 6.92 Å². The molecule has 0 bridgehead atoms. The average Bonchev–Trinajstić information content (AvgIpc) is 2.47. The minimum Gasteiger partial charge on any atom is -0.496 e. The fourth-order valence-corrected chi connectivity index (χ4v) is 2.80. The van der Waals surface area contributed by atoms with Crippen molar-refractivity contribution >= 4 is 5.91 Å². The first-order chi connectivity index (χ1) is 9.56. The second-order valence-electron chi connectivity index (χ2n) is 5.69. The molecular formula is C16H24N2O2. The van der Waals surface area contributed by atoms with E-state index in [-0.39, 0.29) is 11.9 Å². The Morgan fingerprint density at radius 1 is 1.45 bits per heavy atom. The molecule has 1 saturated heterocycles. The quantitative estimate of drug-likeness (QED) is 0.921. The zero-order valence-corrected chi connectivity index (χ0v) is 12.6. The van der Waals surface area contributed by atoms with Gasteiger partial charge in [0.1, 0.15) is 5.75 Å². The van der Waals surface area contributed by atoms with Crippen LogP contribution in [0.3, 0.4) is 0 Å². The molecule has 20 heavy (non-hydrogen) atoms. The number of nitrogens with two attached hydrogens (primary N) is 1. The molecule has 110 valence electrons. The van der Waals surface area contributed by atoms with E-state index in [1.165, 1.54) is 0 Å². The van der Waals surface area contributed by atoms with Crippen LogP contribution in [0.15, 0.2) is 18.2 Å². The van der Waals surface area contributed by atoms with E-state index in [1.807, 2.05) is 30.0 Å². The number of likely N-dealkylation sites (tertiary alicyclic amines) is 1. The van der Waals surface area contributed by atoms with Crippen molar-refractivity contribution in [1.29, 1.82) is 0 Å². The first kappa shape index (κ1) is 14.9. The van der Waals surface area contributed by atoms with Gasteiger partial charge < -0.3 is 15.4 Å². The molecule has 1 aliphatic heterocycles. The highest BCUT2D eigenvalue weighted by Crippen LogP contribution is 2.27. The number of piperidine rings is 1. The summed E-state index contributed by atoms with van der Waals surface area (Å²) in [7, 11) is 1.60. The lowest BCUT2D eigenvalue weighted by molar-refractivity contribution is 0.0563. The molecule has 1 aromatic rings. The number of hydrogen-bond acceptors (Lipinski definition) is 3. The zero-order chi connectivity index (χ0) is 14.7. The van der Waals surface area contributed by atoms with Crippen LogP contribution in [0.4, 0.5) is 0 Å². The molecule has 1 heterocycles. The number of amides is 1. The van der Waals surface area contributed by atoms with E-state index in [4.69, 9.17) is 10.5 Å². The molecule has 2 rings (SSSR count). The number of hydrogen-bond donors (Lipinski definition) is 1. The Morgan fingerprint density at radius 2 is 2.20 bits per heavy atom. The predicted molar refractivity (Wildman–Crippen MR) is 80.0 cm³/mol. The Labute approximate surface area is 120 Å². The fourth-order valence-electron chi connectivity index (χ4n) is 2.80. The lowest BCUT2D eigenvalue weighted by Crippen LogP contribution is -2.47. The van der Waals surface area contributed by atoms with Crippen molar-refractivity contribution in [2.24, 2.45) is 11.7 Å². The molecule has 1 amide bonds. The van der Waals surface area contributed by atoms with Gasteiger partial charge in [-0.15, -0.1) is 0 Å². The summed E-state index contributed by atoms with van der Waals surface area (Å²) in [6.45, 7) is 5.47. The molecule has 2 N–H and O–H groups in total. The molecule has 1 aliphatic rings. The third-order valence-electron chi connectivity index (χ3n) is 4.16. The van der Waals surface area contributed by atoms with Crippen LogP contribution in [-0.4, -0.2) is 37.0 Å². The van der Waals surface area contributed by atoms with Gasteiger partial charge in [0.05, 0.1) is 12.7 Å². The number of benzene rings is 1. The monoisotopic (exact) mass is 276 g/mol. The number of carbonyl (C=O) groups is 1. The van der Waals surface area contributed by atoms with Gasteiger partial charge in [-0.25, -0.2) is 0 Å². The third-order valence-corrected chi connectivity index (χ3v) is 4.16. The van der Waals surface area contributed by atoms with E-state index < -0.39 is 0 Å². The topological polar surface area (TPSA) is 55.6 Å². The number of aryl methyl sites for hydroxylation is 1. The zero-order valence-electron chi connectivity index (χ0n) is 12.6. The highest BCUT2D eigenvalue weighted by atomic mass is 16.5. The van der Waals surface area contributed by atoms with Gasteiger partial charge in [0.25, 0.3) is 5.91 Å². The molecule has 2 atom stereocenters. The summed E-state index contributed by atoms with van der Waals surface area (Å²) in [6.07, 6.45) is 2.12. The minimum absolute atomic E-state index is 0.0520. The lowest BCUT2D eigenvalue weighted by Gasteiger charge is -2.38. The summed E-state index contributed by atoms with van der Waals surface area (Å²) in [5, 5.41) is 0. The summed E-state index contributed by atoms with van der Waals surface area (Å²) >= 11 is 0. The van der Waals surface area contributed by atoms with Crippen LogP contribution >= 0.6 is 0 Å². The lowest BCUT2D eigenvalue weighted by atomic mass is 9.92. The van der Waals surface area contributed by atoms with E-state index in [0.717, 1.165) is 24.9 Å². The van der Waals surface area contributed by atoms with Gasteiger partial charge in [-0.05, 0) is 51.3 Å². The van der Waals surface area contributed by atoms with Crippen LogP contribution in [0.1, 0.15) is 35.7 Å². The third kappa shape index (κ3) is 2.96. The van der Waals surface area contributed by atoms with Crippen LogP contribution in [0, 0.1) is 12.8 Å². The van der Waals surface area contributed by atoms with Gasteiger partial charge in [-0.1, -0.05) is 11.6 Å². The van der Waals surface area contributed by atoms with Gasteiger partial charge in [0.2, 0.25) is 0 Å². The molecular weight excluding hydrogens is 252 g/mol. The summed E-state index contributed by atoms with van der Waals surface area (Å²) in [5.41, 5.74) is 7.48. The molecule has 0 saturated carbocycles. The molecule has 4 nitrogen and oxygen atoms in total. The number of methoxy groups -OCH3 is 1. The highest BCUT2D eigenvalue weighted by molar-refractivity contribution is 5.97. The SMILES string of the molecule is COc1ccc(C)cc1C(=O)N1CC(CN)CCC1C. The maximum atomic E-state index is 12.8. The van der Waals surface area contributed by atoms with E-state index in [1.54, 1.807) is 7.11 Å². The fraction of sp³-hybridized carbons (Fsp3) is 0.562. The van der Waals surface area contributed by atoms with Crippen molar-refractivity contribution in [1.82, 2.24) is 4.90 Å². The van der Waals surface area contributed by atoms with Crippen LogP contribution in [0.2, 0.25) is 0 Å². The van der Waals surface area contributed by atoms with Crippen LogP contribution < -0.4 is 10.5 Å². The summed E-state index contributed by atoms with van der Waals surface area (Å²) < 4.78 is 5.33. The molecule has 0 spiro atoms. The second-order valence-corrected chi connectivity index (χ2v) is 5.69. The normalized spacial score (nSPS) is 22.7. The number of nitrogens with zero attached hydrogens (tertiary/aromatic N) is 1. The Hall–Kier alpha value is -1.55.